The van der Waals surface area contributed by atoms with Crippen LogP contribution in [0.2, 0.25) is 0 Å². The van der Waals surface area contributed by atoms with E-state index in [4.69, 9.17) is 9.47 Å². The van der Waals surface area contributed by atoms with Crippen molar-refractivity contribution in [2.45, 2.75) is 57.9 Å². The predicted molar refractivity (Wildman–Crippen MR) is 140 cm³/mol. The number of rotatable bonds is 6. The molecular formula is C30H33FN2O4. The number of hydrogen-bond acceptors (Lipinski definition) is 4. The van der Waals surface area contributed by atoms with Crippen LogP contribution in [0.1, 0.15) is 38.3 Å². The Morgan fingerprint density at radius 3 is 2.32 bits per heavy atom. The van der Waals surface area contributed by atoms with Gasteiger partial charge in [-0.2, -0.15) is 0 Å². The van der Waals surface area contributed by atoms with E-state index in [0.29, 0.717) is 19.4 Å². The molecule has 4 rings (SSSR count). The molecule has 6 nitrogen and oxygen atoms in total. The lowest BCUT2D eigenvalue weighted by molar-refractivity contribution is 0.0214. The lowest BCUT2D eigenvalue weighted by Crippen LogP contribution is -2.49. The van der Waals surface area contributed by atoms with Crippen molar-refractivity contribution >= 4 is 12.2 Å². The third-order valence-electron chi connectivity index (χ3n) is 6.22. The van der Waals surface area contributed by atoms with E-state index < -0.39 is 17.8 Å². The van der Waals surface area contributed by atoms with Crippen LogP contribution in [-0.4, -0.2) is 41.3 Å². The smallest absolute Gasteiger partial charge is 0.410 e. The molecule has 0 aliphatic carbocycles. The summed E-state index contributed by atoms with van der Waals surface area (Å²) in [5.74, 6) is -0.298. The summed E-state index contributed by atoms with van der Waals surface area (Å²) >= 11 is 0. The van der Waals surface area contributed by atoms with E-state index in [9.17, 15) is 14.0 Å². The topological polar surface area (TPSA) is 67.9 Å². The Bertz CT molecular complexity index is 1230. The second-order valence-corrected chi connectivity index (χ2v) is 10.3. The molecule has 37 heavy (non-hydrogen) atoms. The molecule has 7 heteroatoms. The van der Waals surface area contributed by atoms with Crippen molar-refractivity contribution in [3.63, 3.8) is 0 Å². The van der Waals surface area contributed by atoms with Crippen LogP contribution in [0.4, 0.5) is 14.0 Å². The van der Waals surface area contributed by atoms with Crippen LogP contribution in [0, 0.1) is 5.82 Å². The first-order valence-corrected chi connectivity index (χ1v) is 12.5. The SMILES string of the molecule is CC(C)(C)OC(=O)N1CC[C@H](NC(=O)OCc2ccccc2)[C@@H]1Cc1cccc(-c2cccc(F)c2)c1. The van der Waals surface area contributed by atoms with Crippen molar-refractivity contribution in [1.29, 1.82) is 0 Å². The van der Waals surface area contributed by atoms with Gasteiger partial charge in [0.1, 0.15) is 18.0 Å². The summed E-state index contributed by atoms with van der Waals surface area (Å²) in [4.78, 5) is 27.4. The monoisotopic (exact) mass is 504 g/mol. The van der Waals surface area contributed by atoms with Crippen molar-refractivity contribution in [2.24, 2.45) is 0 Å². The number of benzene rings is 3. The summed E-state index contributed by atoms with van der Waals surface area (Å²) < 4.78 is 24.9. The highest BCUT2D eigenvalue weighted by atomic mass is 19.1. The second-order valence-electron chi connectivity index (χ2n) is 10.3. The van der Waals surface area contributed by atoms with Crippen LogP contribution in [-0.2, 0) is 22.5 Å². The highest BCUT2D eigenvalue weighted by molar-refractivity contribution is 5.71. The molecule has 0 radical (unpaired) electrons. The minimum atomic E-state index is -0.640. The molecule has 1 aliphatic heterocycles. The van der Waals surface area contributed by atoms with Gasteiger partial charge in [0.15, 0.2) is 0 Å². The van der Waals surface area contributed by atoms with Crippen LogP contribution in [0.25, 0.3) is 11.1 Å². The van der Waals surface area contributed by atoms with Crippen LogP contribution in [0.15, 0.2) is 78.9 Å². The minimum Gasteiger partial charge on any atom is -0.445 e. The molecule has 1 aliphatic rings. The first-order valence-electron chi connectivity index (χ1n) is 12.5. The number of carbonyl (C=O) groups excluding carboxylic acids is 2. The summed E-state index contributed by atoms with van der Waals surface area (Å²) in [7, 11) is 0. The maximum atomic E-state index is 13.8. The number of carbonyl (C=O) groups is 2. The van der Waals surface area contributed by atoms with Gasteiger partial charge in [0.2, 0.25) is 0 Å². The van der Waals surface area contributed by atoms with E-state index in [1.54, 1.807) is 11.0 Å². The van der Waals surface area contributed by atoms with E-state index in [2.05, 4.69) is 5.32 Å². The van der Waals surface area contributed by atoms with Gasteiger partial charge in [-0.3, -0.25) is 0 Å². The van der Waals surface area contributed by atoms with Gasteiger partial charge in [0, 0.05) is 6.54 Å². The number of nitrogens with one attached hydrogen (secondary N) is 1. The van der Waals surface area contributed by atoms with E-state index in [0.717, 1.165) is 22.3 Å². The molecule has 0 bridgehead atoms. The zero-order valence-electron chi connectivity index (χ0n) is 21.4. The van der Waals surface area contributed by atoms with Crippen LogP contribution < -0.4 is 5.32 Å². The Morgan fingerprint density at radius 2 is 1.62 bits per heavy atom. The highest BCUT2D eigenvalue weighted by Crippen LogP contribution is 2.27. The third kappa shape index (κ3) is 7.32. The number of hydrogen-bond donors (Lipinski definition) is 1. The van der Waals surface area contributed by atoms with Crippen molar-refractivity contribution < 1.29 is 23.5 Å². The number of halogens is 1. The van der Waals surface area contributed by atoms with E-state index >= 15 is 0 Å². The van der Waals surface area contributed by atoms with Gasteiger partial charge in [0.05, 0.1) is 12.1 Å². The normalized spacial score (nSPS) is 17.4. The largest absolute Gasteiger partial charge is 0.445 e. The van der Waals surface area contributed by atoms with Gasteiger partial charge in [-0.1, -0.05) is 66.7 Å². The van der Waals surface area contributed by atoms with Crippen molar-refractivity contribution in [1.82, 2.24) is 10.2 Å². The Balaban J connectivity index is 1.51. The Labute approximate surface area is 217 Å². The van der Waals surface area contributed by atoms with E-state index in [1.807, 2.05) is 81.4 Å². The fraction of sp³-hybridized carbons (Fsp3) is 0.333. The molecule has 1 N–H and O–H groups in total. The highest BCUT2D eigenvalue weighted by Gasteiger charge is 2.40. The Hall–Kier alpha value is -3.87. The molecule has 1 heterocycles. The molecule has 194 valence electrons. The molecule has 0 saturated carbocycles. The summed E-state index contributed by atoms with van der Waals surface area (Å²) in [5, 5.41) is 2.96. The molecular weight excluding hydrogens is 471 g/mol. The number of ether oxygens (including phenoxy) is 2. The van der Waals surface area contributed by atoms with Gasteiger partial charge in [-0.25, -0.2) is 14.0 Å². The van der Waals surface area contributed by atoms with Crippen LogP contribution >= 0.6 is 0 Å². The number of likely N-dealkylation sites (tertiary alicyclic amines) is 1. The van der Waals surface area contributed by atoms with E-state index in [1.165, 1.54) is 12.1 Å². The molecule has 3 aromatic carbocycles. The van der Waals surface area contributed by atoms with Crippen molar-refractivity contribution in [2.75, 3.05) is 6.54 Å². The molecule has 3 aromatic rings. The molecule has 0 unspecified atom stereocenters. The molecule has 2 atom stereocenters. The van der Waals surface area contributed by atoms with Gasteiger partial charge in [-0.05, 0) is 68.0 Å². The number of alkyl carbamates (subject to hydrolysis) is 1. The van der Waals surface area contributed by atoms with Crippen LogP contribution in [0.5, 0.6) is 0 Å². The number of nitrogens with zero attached hydrogens (tertiary/aromatic N) is 1. The van der Waals surface area contributed by atoms with Crippen LogP contribution in [0.3, 0.4) is 0 Å². The molecule has 1 fully saturated rings. The summed E-state index contributed by atoms with van der Waals surface area (Å²) in [6.45, 7) is 6.10. The average molecular weight is 505 g/mol. The van der Waals surface area contributed by atoms with Crippen molar-refractivity contribution in [3.8, 4) is 11.1 Å². The summed E-state index contributed by atoms with van der Waals surface area (Å²) in [5.41, 5.74) is 2.87. The van der Waals surface area contributed by atoms with Gasteiger partial charge < -0.3 is 19.7 Å². The maximum absolute atomic E-state index is 13.8. The Kier molecular flexibility index (Phi) is 8.11. The van der Waals surface area contributed by atoms with Gasteiger partial charge in [0.25, 0.3) is 0 Å². The zero-order valence-corrected chi connectivity index (χ0v) is 21.4. The first-order chi connectivity index (χ1) is 17.7. The molecule has 1 saturated heterocycles. The lowest BCUT2D eigenvalue weighted by Gasteiger charge is -2.31. The minimum absolute atomic E-state index is 0.162. The van der Waals surface area contributed by atoms with E-state index in [-0.39, 0.29) is 24.5 Å². The second kappa shape index (κ2) is 11.5. The molecule has 0 aromatic heterocycles. The quantitative estimate of drug-likeness (QED) is 0.425. The molecule has 0 spiro atoms. The first kappa shape index (κ1) is 26.2. The lowest BCUT2D eigenvalue weighted by atomic mass is 9.96. The fourth-order valence-corrected chi connectivity index (χ4v) is 4.53. The zero-order chi connectivity index (χ0) is 26.4. The van der Waals surface area contributed by atoms with Gasteiger partial charge >= 0.3 is 12.2 Å². The molecule has 2 amide bonds. The Morgan fingerprint density at radius 1 is 0.946 bits per heavy atom. The summed E-state index contributed by atoms with van der Waals surface area (Å²) in [6.07, 6.45) is 0.124. The third-order valence-corrected chi connectivity index (χ3v) is 6.22. The standard InChI is InChI=1S/C30H33FN2O4/c1-30(2,3)37-29(35)33-16-15-26(32-28(34)36-20-21-9-5-4-6-10-21)27(33)18-22-11-7-12-23(17-22)24-13-8-14-25(31)19-24/h4-14,17,19,26-27H,15-16,18,20H2,1-3H3,(H,32,34)/t26-,27-/m0/s1. The van der Waals surface area contributed by atoms with Gasteiger partial charge in [-0.15, -0.1) is 0 Å². The maximum Gasteiger partial charge on any atom is 0.410 e. The predicted octanol–water partition coefficient (Wildman–Crippen LogP) is 6.34. The average Bonchev–Trinajstić information content (AvgIpc) is 3.24. The fourth-order valence-electron chi connectivity index (χ4n) is 4.53. The number of amides is 2. The van der Waals surface area contributed by atoms with Crippen molar-refractivity contribution in [3.05, 3.63) is 95.8 Å². The summed E-state index contributed by atoms with van der Waals surface area (Å²) in [6, 6.07) is 23.1.